The number of ether oxygens (including phenoxy) is 1. The molecule has 1 amide bonds. The van der Waals surface area contributed by atoms with Gasteiger partial charge in [0.15, 0.2) is 0 Å². The third kappa shape index (κ3) is 6.74. The zero-order valence-electron chi connectivity index (χ0n) is 20.4. The highest BCUT2D eigenvalue weighted by atomic mass is 16.5. The Hall–Kier alpha value is -4.03. The fourth-order valence-corrected chi connectivity index (χ4v) is 3.77. The molecule has 0 saturated carbocycles. The van der Waals surface area contributed by atoms with Crippen LogP contribution in [0.4, 0.5) is 5.69 Å². The maximum atomic E-state index is 13.0. The summed E-state index contributed by atoms with van der Waals surface area (Å²) < 4.78 is 5.48. The molecule has 0 aliphatic carbocycles. The van der Waals surface area contributed by atoms with Gasteiger partial charge in [0.05, 0.1) is 11.5 Å². The van der Waals surface area contributed by atoms with Gasteiger partial charge in [-0.05, 0) is 79.6 Å². The van der Waals surface area contributed by atoms with Crippen LogP contribution < -0.4 is 11.1 Å². The third-order valence-electron chi connectivity index (χ3n) is 5.81. The molecule has 180 valence electrons. The molecule has 0 fully saturated rings. The van der Waals surface area contributed by atoms with Crippen molar-refractivity contribution in [2.45, 2.75) is 33.3 Å². The van der Waals surface area contributed by atoms with Crippen molar-refractivity contribution >= 4 is 30.4 Å². The van der Waals surface area contributed by atoms with Crippen molar-refractivity contribution in [3.8, 4) is 0 Å². The van der Waals surface area contributed by atoms with E-state index >= 15 is 0 Å². The van der Waals surface area contributed by atoms with E-state index in [-0.39, 0.29) is 25.0 Å². The van der Waals surface area contributed by atoms with Crippen molar-refractivity contribution in [3.63, 3.8) is 0 Å². The molecule has 0 saturated heterocycles. The van der Waals surface area contributed by atoms with E-state index in [0.717, 1.165) is 33.4 Å². The van der Waals surface area contributed by atoms with E-state index < -0.39 is 5.92 Å². The summed E-state index contributed by atoms with van der Waals surface area (Å²) in [6.45, 7) is 9.61. The van der Waals surface area contributed by atoms with Gasteiger partial charge in [0.1, 0.15) is 6.61 Å². The first kappa shape index (κ1) is 25.6. The average Bonchev–Trinajstić information content (AvgIpc) is 2.84. The lowest BCUT2D eigenvalue weighted by molar-refractivity contribution is -0.117. The molecule has 0 unspecified atom stereocenters. The number of aryl methyl sites for hydroxylation is 3. The number of aliphatic imine (C=N–C) groups is 1. The van der Waals surface area contributed by atoms with Gasteiger partial charge in [-0.25, -0.2) is 4.79 Å². The first-order chi connectivity index (χ1) is 16.8. The lowest BCUT2D eigenvalue weighted by Gasteiger charge is -2.16. The van der Waals surface area contributed by atoms with Gasteiger partial charge in [0.2, 0.25) is 5.91 Å². The van der Waals surface area contributed by atoms with Crippen LogP contribution in [0.5, 0.6) is 0 Å². The summed E-state index contributed by atoms with van der Waals surface area (Å²) in [6, 6.07) is 18.7. The summed E-state index contributed by atoms with van der Waals surface area (Å²) in [5, 5.41) is 2.95. The van der Waals surface area contributed by atoms with Crippen molar-refractivity contribution in [1.29, 1.82) is 0 Å². The second-order valence-electron chi connectivity index (χ2n) is 8.48. The maximum absolute atomic E-state index is 13.0. The number of hydrogen-bond acceptors (Lipinski definition) is 5. The van der Waals surface area contributed by atoms with Gasteiger partial charge in [-0.2, -0.15) is 0 Å². The molecule has 0 aliphatic heterocycles. The van der Waals surface area contributed by atoms with E-state index in [1.165, 1.54) is 0 Å². The van der Waals surface area contributed by atoms with Crippen LogP contribution in [-0.2, 0) is 16.1 Å². The van der Waals surface area contributed by atoms with Crippen LogP contribution in [-0.4, -0.2) is 25.1 Å². The minimum absolute atomic E-state index is 0.144. The predicted octanol–water partition coefficient (Wildman–Crippen LogP) is 5.32. The van der Waals surface area contributed by atoms with Crippen LogP contribution in [0.15, 0.2) is 71.9 Å². The molecule has 0 radical (unpaired) electrons. The number of esters is 1. The highest BCUT2D eigenvalue weighted by Gasteiger charge is 2.20. The Kier molecular flexibility index (Phi) is 8.70. The Morgan fingerprint density at radius 2 is 1.77 bits per heavy atom. The maximum Gasteiger partial charge on any atom is 0.338 e. The highest BCUT2D eigenvalue weighted by Crippen LogP contribution is 2.22. The van der Waals surface area contributed by atoms with Crippen LogP contribution >= 0.6 is 0 Å². The Bertz CT molecular complexity index is 1250. The normalized spacial score (nSPS) is 11.8. The minimum Gasteiger partial charge on any atom is -0.457 e. The van der Waals surface area contributed by atoms with Crippen LogP contribution in [0, 0.1) is 20.8 Å². The van der Waals surface area contributed by atoms with E-state index in [2.05, 4.69) is 17.0 Å². The molecule has 3 N–H and O–H groups in total. The number of nitrogens with one attached hydrogen (secondary N) is 1. The van der Waals surface area contributed by atoms with Crippen molar-refractivity contribution in [1.82, 2.24) is 0 Å². The van der Waals surface area contributed by atoms with Crippen molar-refractivity contribution in [2.75, 3.05) is 11.9 Å². The number of rotatable bonds is 9. The fraction of sp³-hybridized carbons (Fsp3) is 0.207. The average molecular weight is 470 g/mol. The van der Waals surface area contributed by atoms with E-state index in [9.17, 15) is 9.59 Å². The third-order valence-corrected chi connectivity index (χ3v) is 5.81. The van der Waals surface area contributed by atoms with Gasteiger partial charge in [0, 0.05) is 18.4 Å². The molecule has 1 atom stereocenters. The van der Waals surface area contributed by atoms with Crippen LogP contribution in [0.25, 0.3) is 6.08 Å². The molecule has 35 heavy (non-hydrogen) atoms. The molecule has 6 nitrogen and oxygen atoms in total. The first-order valence-electron chi connectivity index (χ1n) is 11.4. The quantitative estimate of drug-likeness (QED) is 0.328. The largest absolute Gasteiger partial charge is 0.457 e. The lowest BCUT2D eigenvalue weighted by atomic mass is 9.97. The molecular weight excluding hydrogens is 438 g/mol. The monoisotopic (exact) mass is 469 g/mol. The van der Waals surface area contributed by atoms with E-state index in [1.807, 2.05) is 81.4 Å². The molecule has 6 heteroatoms. The second-order valence-corrected chi connectivity index (χ2v) is 8.48. The first-order valence-corrected chi connectivity index (χ1v) is 11.4. The standard InChI is InChI=1S/C29H31N3O3/c1-19-5-12-26(21(3)15-19)29(34)35-18-22-7-9-23(10-8-22)27(17-30)28(33)32-25-11-6-20(2)24(16-25)13-14-31-4/h5-16,27H,4,17-18,30H2,1-3H3,(H,32,33)/b14-13-/t27-/m1/s1. The Morgan fingerprint density at radius 3 is 2.43 bits per heavy atom. The molecule has 0 bridgehead atoms. The van der Waals surface area contributed by atoms with Gasteiger partial charge in [-0.3, -0.25) is 9.79 Å². The number of carbonyl (C=O) groups excluding carboxylic acids is 2. The van der Waals surface area contributed by atoms with Gasteiger partial charge >= 0.3 is 5.97 Å². The number of amides is 1. The highest BCUT2D eigenvalue weighted by molar-refractivity contribution is 5.96. The molecule has 0 aliphatic rings. The Labute approximate surface area is 206 Å². The minimum atomic E-state index is -0.517. The van der Waals surface area contributed by atoms with Gasteiger partial charge in [0.25, 0.3) is 0 Å². The summed E-state index contributed by atoms with van der Waals surface area (Å²) in [4.78, 5) is 29.1. The van der Waals surface area contributed by atoms with Crippen molar-refractivity contribution in [2.24, 2.45) is 10.7 Å². The van der Waals surface area contributed by atoms with Gasteiger partial charge in [-0.1, -0.05) is 48.0 Å². The van der Waals surface area contributed by atoms with Gasteiger partial charge in [-0.15, -0.1) is 0 Å². The second kappa shape index (κ2) is 11.9. The van der Waals surface area contributed by atoms with Crippen LogP contribution in [0.2, 0.25) is 0 Å². The summed E-state index contributed by atoms with van der Waals surface area (Å²) in [5.74, 6) is -1.07. The SMILES string of the molecule is C=N/C=C\c1cc(NC(=O)[C@H](CN)c2ccc(COC(=O)c3ccc(C)cc3C)cc2)ccc1C. The van der Waals surface area contributed by atoms with Crippen molar-refractivity contribution < 1.29 is 14.3 Å². The number of nitrogens with zero attached hydrogens (tertiary/aromatic N) is 1. The van der Waals surface area contributed by atoms with Crippen molar-refractivity contribution in [3.05, 3.63) is 106 Å². The summed E-state index contributed by atoms with van der Waals surface area (Å²) in [5.41, 5.74) is 12.8. The molecular formula is C29H31N3O3. The van der Waals surface area contributed by atoms with E-state index in [4.69, 9.17) is 10.5 Å². The zero-order chi connectivity index (χ0) is 25.4. The van der Waals surface area contributed by atoms with E-state index in [0.29, 0.717) is 11.3 Å². The molecule has 3 rings (SSSR count). The number of nitrogens with two attached hydrogens (primary N) is 1. The zero-order valence-corrected chi connectivity index (χ0v) is 20.4. The fourth-order valence-electron chi connectivity index (χ4n) is 3.77. The summed E-state index contributed by atoms with van der Waals surface area (Å²) in [7, 11) is 0. The number of hydrogen-bond donors (Lipinski definition) is 2. The topological polar surface area (TPSA) is 93.8 Å². The number of anilines is 1. The molecule has 0 heterocycles. The smallest absolute Gasteiger partial charge is 0.338 e. The lowest BCUT2D eigenvalue weighted by Crippen LogP contribution is -2.27. The number of carbonyl (C=O) groups is 2. The molecule has 0 spiro atoms. The van der Waals surface area contributed by atoms with Crippen LogP contribution in [0.3, 0.4) is 0 Å². The summed E-state index contributed by atoms with van der Waals surface area (Å²) in [6.07, 6.45) is 3.45. The Morgan fingerprint density at radius 1 is 1.03 bits per heavy atom. The van der Waals surface area contributed by atoms with Crippen LogP contribution in [0.1, 0.15) is 49.7 Å². The molecule has 3 aromatic rings. The van der Waals surface area contributed by atoms with E-state index in [1.54, 1.807) is 12.3 Å². The Balaban J connectivity index is 1.64. The van der Waals surface area contributed by atoms with Gasteiger partial charge < -0.3 is 15.8 Å². The summed E-state index contributed by atoms with van der Waals surface area (Å²) >= 11 is 0. The molecule has 3 aromatic carbocycles. The predicted molar refractivity (Wildman–Crippen MR) is 142 cm³/mol. The molecule has 0 aromatic heterocycles. The number of benzene rings is 3.